The van der Waals surface area contributed by atoms with Crippen molar-refractivity contribution in [2.75, 3.05) is 0 Å². The molecule has 120 valence electrons. The van der Waals surface area contributed by atoms with Crippen LogP contribution < -0.4 is 4.74 Å². The molecule has 1 N–H and O–H groups in total. The van der Waals surface area contributed by atoms with Gasteiger partial charge < -0.3 is 9.84 Å². The Morgan fingerprint density at radius 2 is 1.81 bits per heavy atom. The van der Waals surface area contributed by atoms with Crippen LogP contribution in [-0.2, 0) is 0 Å². The van der Waals surface area contributed by atoms with E-state index in [1.54, 1.807) is 6.07 Å². The molecule has 0 aliphatic carbocycles. The van der Waals surface area contributed by atoms with Crippen LogP contribution >= 0.6 is 0 Å². The molecule has 21 heavy (non-hydrogen) atoms. The molecule has 0 radical (unpaired) electrons. The van der Waals surface area contributed by atoms with Gasteiger partial charge in [-0.1, -0.05) is 39.8 Å². The maximum absolute atomic E-state index is 12.2. The van der Waals surface area contributed by atoms with E-state index in [1.807, 2.05) is 6.92 Å². The number of ether oxygens (including phenoxy) is 1. The van der Waals surface area contributed by atoms with Crippen LogP contribution in [0.5, 0.6) is 5.75 Å². The van der Waals surface area contributed by atoms with Crippen LogP contribution in [0.2, 0.25) is 0 Å². The Morgan fingerprint density at radius 3 is 2.33 bits per heavy atom. The highest BCUT2D eigenvalue weighted by molar-refractivity contribution is 5.30. The quantitative estimate of drug-likeness (QED) is 0.822. The highest BCUT2D eigenvalue weighted by Gasteiger charge is 2.31. The summed E-state index contributed by atoms with van der Waals surface area (Å²) in [6.07, 6.45) is -4.07. The number of hydrogen-bond donors (Lipinski definition) is 1. The molecule has 0 fully saturated rings. The molecular weight excluding hydrogens is 281 g/mol. The highest BCUT2D eigenvalue weighted by Crippen LogP contribution is 2.32. The van der Waals surface area contributed by atoms with Crippen molar-refractivity contribution in [2.45, 2.75) is 53.0 Å². The second kappa shape index (κ2) is 6.69. The lowest BCUT2D eigenvalue weighted by atomic mass is 9.82. The molecule has 1 rings (SSSR count). The normalized spacial score (nSPS) is 15.6. The van der Waals surface area contributed by atoms with Gasteiger partial charge >= 0.3 is 6.36 Å². The molecule has 0 spiro atoms. The molecule has 2 nitrogen and oxygen atoms in total. The summed E-state index contributed by atoms with van der Waals surface area (Å²) in [7, 11) is 0. The Morgan fingerprint density at radius 1 is 1.19 bits per heavy atom. The Labute approximate surface area is 123 Å². The molecule has 1 aromatic carbocycles. The molecule has 5 heteroatoms. The van der Waals surface area contributed by atoms with E-state index in [1.165, 1.54) is 18.2 Å². The molecule has 2 unspecified atom stereocenters. The van der Waals surface area contributed by atoms with Gasteiger partial charge in [-0.15, -0.1) is 13.2 Å². The number of halogens is 3. The smallest absolute Gasteiger partial charge is 0.406 e. The summed E-state index contributed by atoms with van der Waals surface area (Å²) in [6.45, 7) is 8.39. The number of aliphatic hydroxyl groups excluding tert-OH is 1. The van der Waals surface area contributed by atoms with Crippen LogP contribution in [0.15, 0.2) is 24.3 Å². The monoisotopic (exact) mass is 304 g/mol. The predicted molar refractivity (Wildman–Crippen MR) is 75.9 cm³/mol. The van der Waals surface area contributed by atoms with Gasteiger partial charge in [-0.25, -0.2) is 0 Å². The summed E-state index contributed by atoms with van der Waals surface area (Å²) in [5.41, 5.74) is 0.595. The van der Waals surface area contributed by atoms with Crippen LogP contribution in [-0.4, -0.2) is 11.5 Å². The van der Waals surface area contributed by atoms with Crippen LogP contribution in [0.1, 0.15) is 52.2 Å². The van der Waals surface area contributed by atoms with Crippen molar-refractivity contribution in [1.82, 2.24) is 0 Å². The van der Waals surface area contributed by atoms with Crippen LogP contribution in [0.25, 0.3) is 0 Å². The van der Waals surface area contributed by atoms with Gasteiger partial charge in [-0.3, -0.25) is 0 Å². The second-order valence-corrected chi connectivity index (χ2v) is 6.74. The lowest BCUT2D eigenvalue weighted by molar-refractivity contribution is -0.274. The second-order valence-electron chi connectivity index (χ2n) is 6.74. The summed E-state index contributed by atoms with van der Waals surface area (Å²) in [6, 6.07) is 5.52. The third kappa shape index (κ3) is 7.37. The molecule has 0 aromatic heterocycles. The zero-order chi connectivity index (χ0) is 16.3. The van der Waals surface area contributed by atoms with Gasteiger partial charge in [-0.05, 0) is 41.9 Å². The molecule has 0 aliphatic rings. The Bertz CT molecular complexity index is 450. The summed E-state index contributed by atoms with van der Waals surface area (Å²) in [5.74, 6) is -0.0327. The first-order chi connectivity index (χ1) is 9.46. The van der Waals surface area contributed by atoms with E-state index in [-0.39, 0.29) is 17.1 Å². The number of rotatable bonds is 5. The average Bonchev–Trinajstić information content (AvgIpc) is 2.23. The minimum atomic E-state index is -4.72. The lowest BCUT2D eigenvalue weighted by Gasteiger charge is -2.25. The van der Waals surface area contributed by atoms with Gasteiger partial charge in [0.05, 0.1) is 6.10 Å². The van der Waals surface area contributed by atoms with E-state index in [9.17, 15) is 18.3 Å². The minimum absolute atomic E-state index is 0.153. The predicted octanol–water partition coefficient (Wildman–Crippen LogP) is 5.08. The molecule has 0 saturated heterocycles. The van der Waals surface area contributed by atoms with E-state index in [0.29, 0.717) is 12.0 Å². The van der Waals surface area contributed by atoms with Crippen molar-refractivity contribution in [3.8, 4) is 5.75 Å². The summed E-state index contributed by atoms with van der Waals surface area (Å²) < 4.78 is 40.4. The zero-order valence-electron chi connectivity index (χ0n) is 12.9. The van der Waals surface area contributed by atoms with Crippen LogP contribution in [0.3, 0.4) is 0 Å². The first kappa shape index (κ1) is 17.8. The maximum Gasteiger partial charge on any atom is 0.573 e. The maximum atomic E-state index is 12.2. The molecule has 0 bridgehead atoms. The Hall–Kier alpha value is -1.23. The first-order valence-corrected chi connectivity index (χ1v) is 7.00. The van der Waals surface area contributed by atoms with E-state index in [0.717, 1.165) is 6.42 Å². The van der Waals surface area contributed by atoms with Gasteiger partial charge in [-0.2, -0.15) is 0 Å². The Balaban J connectivity index is 2.70. The largest absolute Gasteiger partial charge is 0.573 e. The van der Waals surface area contributed by atoms with Crippen molar-refractivity contribution in [2.24, 2.45) is 11.3 Å². The van der Waals surface area contributed by atoms with E-state index < -0.39 is 12.5 Å². The molecule has 0 heterocycles. The lowest BCUT2D eigenvalue weighted by Crippen LogP contribution is -2.17. The third-order valence-corrected chi connectivity index (χ3v) is 3.06. The molecule has 0 aliphatic heterocycles. The van der Waals surface area contributed by atoms with Crippen molar-refractivity contribution < 1.29 is 23.0 Å². The molecule has 1 aromatic rings. The standard InChI is InChI=1S/C16H23F3O2/c1-11(10-15(2,3)4)8-14(20)12-6-5-7-13(9-12)21-16(17,18)19/h5-7,9,11,14,20H,8,10H2,1-4H3. The van der Waals surface area contributed by atoms with Crippen molar-refractivity contribution in [3.05, 3.63) is 29.8 Å². The van der Waals surface area contributed by atoms with E-state index in [2.05, 4.69) is 25.5 Å². The average molecular weight is 304 g/mol. The summed E-state index contributed by atoms with van der Waals surface area (Å²) >= 11 is 0. The molecule has 2 atom stereocenters. The van der Waals surface area contributed by atoms with Gasteiger partial charge in [0.25, 0.3) is 0 Å². The number of hydrogen-bond acceptors (Lipinski definition) is 2. The van der Waals surface area contributed by atoms with E-state index in [4.69, 9.17) is 0 Å². The van der Waals surface area contributed by atoms with Crippen molar-refractivity contribution >= 4 is 0 Å². The van der Waals surface area contributed by atoms with Crippen LogP contribution in [0, 0.1) is 11.3 Å². The SMILES string of the molecule is CC(CC(O)c1cccc(OC(F)(F)F)c1)CC(C)(C)C. The third-order valence-electron chi connectivity index (χ3n) is 3.06. The topological polar surface area (TPSA) is 29.5 Å². The van der Waals surface area contributed by atoms with Gasteiger partial charge in [0, 0.05) is 0 Å². The fraction of sp³-hybridized carbons (Fsp3) is 0.625. The highest BCUT2D eigenvalue weighted by atomic mass is 19.4. The van der Waals surface area contributed by atoms with Gasteiger partial charge in [0.2, 0.25) is 0 Å². The Kier molecular flexibility index (Phi) is 5.68. The number of aliphatic hydroxyl groups is 1. The van der Waals surface area contributed by atoms with Crippen molar-refractivity contribution in [1.29, 1.82) is 0 Å². The number of alkyl halides is 3. The molecule has 0 saturated carbocycles. The van der Waals surface area contributed by atoms with Crippen LogP contribution in [0.4, 0.5) is 13.2 Å². The van der Waals surface area contributed by atoms with Gasteiger partial charge in [0.15, 0.2) is 0 Å². The zero-order valence-corrected chi connectivity index (χ0v) is 12.9. The number of benzene rings is 1. The fourth-order valence-corrected chi connectivity index (χ4v) is 2.56. The fourth-order valence-electron chi connectivity index (χ4n) is 2.56. The van der Waals surface area contributed by atoms with Crippen molar-refractivity contribution in [3.63, 3.8) is 0 Å². The first-order valence-electron chi connectivity index (χ1n) is 7.00. The van der Waals surface area contributed by atoms with E-state index >= 15 is 0 Å². The summed E-state index contributed by atoms with van der Waals surface area (Å²) in [4.78, 5) is 0. The molecule has 0 amide bonds. The minimum Gasteiger partial charge on any atom is -0.406 e. The van der Waals surface area contributed by atoms with Gasteiger partial charge in [0.1, 0.15) is 5.75 Å². The molecular formula is C16H23F3O2. The summed E-state index contributed by atoms with van der Waals surface area (Å²) in [5, 5.41) is 10.2.